The molecule has 364 valence electrons. The molecular formula is C74H20O8. The summed E-state index contributed by atoms with van der Waals surface area (Å²) < 4.78 is 26.7. The average Bonchev–Trinajstić information content (AvgIpc) is 1.35. The zero-order chi connectivity index (χ0) is 51.3. The van der Waals surface area contributed by atoms with E-state index in [4.69, 9.17) is 18.9 Å². The number of ether oxygens (including phenoxy) is 4. The van der Waals surface area contributed by atoms with Crippen LogP contribution in [-0.2, 0) is 59.8 Å². The summed E-state index contributed by atoms with van der Waals surface area (Å²) in [6.45, 7) is 8.14. The van der Waals surface area contributed by atoms with Gasteiger partial charge in [0.15, 0.2) is 10.8 Å². The Morgan fingerprint density at radius 2 is 0.293 bits per heavy atom. The second kappa shape index (κ2) is 7.75. The van der Waals surface area contributed by atoms with Crippen molar-refractivity contribution >= 4 is 282 Å². The Morgan fingerprint density at radius 1 is 0.195 bits per heavy atom. The lowest BCUT2D eigenvalue weighted by Crippen LogP contribution is -2.38. The molecule has 0 saturated heterocycles. The van der Waals surface area contributed by atoms with E-state index in [1.54, 1.807) is 0 Å². The SMILES string of the molecule is CCOC(=O)C1(C(=O)OCC)C23c4c5c6c7c8c9c(c%10c%11c2c2c4c4c%12c%13c%14c%15c%16c%17c%18c%19c%20c%21c%22c(c%13c4c4c2c2c%11c%11c%10c%10c9c9c%13c8c(c6c%15c5%12)c%16c%13c%18c5c%19c6c%21c(c2c%224)c%11c6c%10c59)C%202C(C(=O)OCC)(C(=O)OCC)C%14%172)C713. The van der Waals surface area contributed by atoms with Crippen LogP contribution in [0.4, 0.5) is 0 Å². The zero-order valence-electron chi connectivity index (χ0n) is 43.1. The van der Waals surface area contributed by atoms with Crippen molar-refractivity contribution in [2.45, 2.75) is 49.4 Å². The molecular weight excluding hydrogens is 1020 g/mol. The molecule has 0 aliphatic heterocycles. The molecule has 34 rings (SSSR count). The topological polar surface area (TPSA) is 105 Å². The van der Waals surface area contributed by atoms with Gasteiger partial charge >= 0.3 is 23.9 Å². The molecule has 24 aromatic rings. The van der Waals surface area contributed by atoms with E-state index in [1.165, 1.54) is 281 Å². The van der Waals surface area contributed by atoms with Crippen LogP contribution < -0.4 is 0 Å². The molecule has 8 heteroatoms. The lowest BCUT2D eigenvalue weighted by molar-refractivity contribution is -0.167. The van der Waals surface area contributed by atoms with Crippen LogP contribution in [-0.4, -0.2) is 50.3 Å². The third-order valence-electron chi connectivity index (χ3n) is 28.6. The van der Waals surface area contributed by atoms with E-state index in [1.807, 2.05) is 27.7 Å². The van der Waals surface area contributed by atoms with E-state index in [-0.39, 0.29) is 26.4 Å². The predicted molar refractivity (Wildman–Crippen MR) is 318 cm³/mol. The molecule has 0 amide bonds. The highest BCUT2D eigenvalue weighted by Gasteiger charge is 3.03. The minimum absolute atomic E-state index is 0.135. The summed E-state index contributed by atoms with van der Waals surface area (Å²) >= 11 is 0. The molecule has 10 aliphatic rings. The first-order valence-corrected chi connectivity index (χ1v) is 30.1. The lowest BCUT2D eigenvalue weighted by atomic mass is 9.67. The van der Waals surface area contributed by atoms with Crippen LogP contribution in [0.15, 0.2) is 0 Å². The Balaban J connectivity index is 1.09. The lowest BCUT2D eigenvalue weighted by Gasteiger charge is -2.32. The molecule has 24 aromatic carbocycles. The van der Waals surface area contributed by atoms with Crippen LogP contribution >= 0.6 is 0 Å². The van der Waals surface area contributed by atoms with Gasteiger partial charge in [-0.3, -0.25) is 19.2 Å². The van der Waals surface area contributed by atoms with Crippen molar-refractivity contribution in [3.05, 3.63) is 44.5 Å². The number of carbonyl (C=O) groups is 4. The van der Waals surface area contributed by atoms with Crippen molar-refractivity contribution < 1.29 is 38.1 Å². The van der Waals surface area contributed by atoms with E-state index >= 15 is 19.2 Å². The minimum atomic E-state index is -1.77. The van der Waals surface area contributed by atoms with E-state index in [0.717, 1.165) is 22.3 Å². The monoisotopic (exact) mass is 1040 g/mol. The maximum Gasteiger partial charge on any atom is 0.326 e. The highest BCUT2D eigenvalue weighted by atomic mass is 16.6. The van der Waals surface area contributed by atoms with E-state index in [0.29, 0.717) is 0 Å². The summed E-state index contributed by atoms with van der Waals surface area (Å²) in [6.07, 6.45) is 0. The van der Waals surface area contributed by atoms with Crippen LogP contribution in [0.3, 0.4) is 0 Å². The van der Waals surface area contributed by atoms with Crippen molar-refractivity contribution in [2.75, 3.05) is 26.4 Å². The fraction of sp³-hybridized carbons (Fsp3) is 0.189. The Morgan fingerprint density at radius 3 is 0.390 bits per heavy atom. The Bertz CT molecular complexity index is 7370. The summed E-state index contributed by atoms with van der Waals surface area (Å²) in [6, 6.07) is 0. The predicted octanol–water partition coefficient (Wildman–Crippen LogP) is 15.1. The number of hydrogen-bond donors (Lipinski definition) is 0. The number of carbonyl (C=O) groups excluding carboxylic acids is 4. The number of benzene rings is 16. The van der Waals surface area contributed by atoms with E-state index < -0.39 is 56.4 Å². The van der Waals surface area contributed by atoms with Gasteiger partial charge in [-0.05, 0) is 331 Å². The van der Waals surface area contributed by atoms with Gasteiger partial charge in [0.2, 0.25) is 0 Å². The van der Waals surface area contributed by atoms with E-state index in [9.17, 15) is 0 Å². The smallest absolute Gasteiger partial charge is 0.326 e. The maximum absolute atomic E-state index is 16.8. The van der Waals surface area contributed by atoms with E-state index in [2.05, 4.69) is 0 Å². The highest BCUT2D eigenvalue weighted by molar-refractivity contribution is 6.78. The summed E-state index contributed by atoms with van der Waals surface area (Å²) in [5, 5.41) is 62.0. The molecule has 4 unspecified atom stereocenters. The molecule has 2 fully saturated rings. The maximum atomic E-state index is 16.8. The second-order valence-electron chi connectivity index (χ2n) is 28.4. The molecule has 0 N–H and O–H groups in total. The fourth-order valence-corrected chi connectivity index (χ4v) is 29.0. The largest absolute Gasteiger partial charge is 0.465 e. The van der Waals surface area contributed by atoms with Gasteiger partial charge in [0.25, 0.3) is 0 Å². The van der Waals surface area contributed by atoms with Crippen LogP contribution in [0.5, 0.6) is 0 Å². The molecule has 4 spiro atoms. The Kier molecular flexibility index (Phi) is 3.21. The first-order chi connectivity index (χ1) is 40.4. The second-order valence-corrected chi connectivity index (χ2v) is 28.4. The van der Waals surface area contributed by atoms with Gasteiger partial charge in [-0.15, -0.1) is 0 Å². The first kappa shape index (κ1) is 34.0. The molecule has 2 saturated carbocycles. The average molecular weight is 1040 g/mol. The van der Waals surface area contributed by atoms with Gasteiger partial charge < -0.3 is 18.9 Å². The van der Waals surface area contributed by atoms with Gasteiger partial charge in [0, 0.05) is 0 Å². The fourth-order valence-electron chi connectivity index (χ4n) is 29.0. The molecule has 0 bridgehead atoms. The first-order valence-electron chi connectivity index (χ1n) is 30.1. The number of hydrogen-bond acceptors (Lipinski definition) is 8. The zero-order valence-corrected chi connectivity index (χ0v) is 43.1. The van der Waals surface area contributed by atoms with Gasteiger partial charge in [-0.25, -0.2) is 0 Å². The third-order valence-corrected chi connectivity index (χ3v) is 28.6. The van der Waals surface area contributed by atoms with Gasteiger partial charge in [0.05, 0.1) is 48.1 Å². The van der Waals surface area contributed by atoms with Crippen LogP contribution in [0, 0.1) is 10.8 Å². The third kappa shape index (κ3) is 1.73. The van der Waals surface area contributed by atoms with Crippen LogP contribution in [0.2, 0.25) is 0 Å². The van der Waals surface area contributed by atoms with Crippen molar-refractivity contribution in [1.29, 1.82) is 0 Å². The number of esters is 4. The summed E-state index contributed by atoms with van der Waals surface area (Å²) in [5.41, 5.74) is 1.15. The molecule has 8 nitrogen and oxygen atoms in total. The Labute approximate surface area is 449 Å². The quantitative estimate of drug-likeness (QED) is 0.0641. The van der Waals surface area contributed by atoms with Gasteiger partial charge in [-0.1, -0.05) is 0 Å². The molecule has 0 heterocycles. The van der Waals surface area contributed by atoms with Crippen molar-refractivity contribution in [3.63, 3.8) is 0 Å². The molecule has 0 aromatic heterocycles. The van der Waals surface area contributed by atoms with Crippen molar-refractivity contribution in [2.24, 2.45) is 10.8 Å². The van der Waals surface area contributed by atoms with Gasteiger partial charge in [0.1, 0.15) is 0 Å². The standard InChI is InChI=1S/C74H20O8/c1-5-79-65(75)73(66(76)80-6-2)69-57-41-25-13-11-9-10-12-14-16-21-31-19(12)29(17(9)25)45(57)47(31)59-49-33(21)24-28(16)44-42-26(14)18(10)30-20(11)32-22-15(13)27-23-34(22)50-54-38-35(23)51(61(69)43(27)41)55-39(38)40-37(53(49)63(55)71(59,69)73)36(24)52-56(40)64(54)72-60(50)48(32)46(30)58(42)70(72,62(44)52)74(72,67(77)81-7-3)68(78)82-8-4/h5-8H2,1-4H3. The summed E-state index contributed by atoms with van der Waals surface area (Å²) in [5.74, 6) is -1.82. The Hall–Kier alpha value is -9.40. The minimum Gasteiger partial charge on any atom is -0.465 e. The van der Waals surface area contributed by atoms with Crippen molar-refractivity contribution in [1.82, 2.24) is 0 Å². The normalized spacial score (nSPS) is 26.1. The highest BCUT2D eigenvalue weighted by Crippen LogP contribution is 3.00. The molecule has 4 atom stereocenters. The molecule has 82 heavy (non-hydrogen) atoms. The van der Waals surface area contributed by atoms with Crippen LogP contribution in [0.25, 0.3) is 259 Å². The molecule has 10 aliphatic carbocycles. The van der Waals surface area contributed by atoms with Crippen molar-refractivity contribution in [3.8, 4) is 0 Å². The number of rotatable bonds is 8. The van der Waals surface area contributed by atoms with Gasteiger partial charge in [-0.2, -0.15) is 0 Å². The summed E-state index contributed by atoms with van der Waals surface area (Å²) in [7, 11) is 0. The molecule has 0 radical (unpaired) electrons. The summed E-state index contributed by atoms with van der Waals surface area (Å²) in [4.78, 5) is 67.4. The van der Waals surface area contributed by atoms with Crippen LogP contribution in [0.1, 0.15) is 72.2 Å².